The zero-order valence-corrected chi connectivity index (χ0v) is 9.19. The molecule has 74 valence electrons. The van der Waals surface area contributed by atoms with Crippen LogP contribution in [0.1, 0.15) is 46.5 Å². The highest BCUT2D eigenvalue weighted by Crippen LogP contribution is 2.21. The molecule has 0 aliphatic carbocycles. The van der Waals surface area contributed by atoms with Gasteiger partial charge in [0.2, 0.25) is 0 Å². The van der Waals surface area contributed by atoms with Gasteiger partial charge in [0.15, 0.2) is 0 Å². The van der Waals surface area contributed by atoms with Crippen molar-refractivity contribution in [2.75, 3.05) is 13.6 Å². The predicted molar refractivity (Wildman–Crippen MR) is 56.4 cm³/mol. The topological polar surface area (TPSA) is 12.0 Å². The van der Waals surface area contributed by atoms with E-state index in [-0.39, 0.29) is 0 Å². The normalized spacial score (nSPS) is 16.0. The summed E-state index contributed by atoms with van der Waals surface area (Å²) in [6.45, 7) is 8.12. The highest BCUT2D eigenvalue weighted by molar-refractivity contribution is 4.66. The van der Waals surface area contributed by atoms with E-state index in [9.17, 15) is 0 Å². The summed E-state index contributed by atoms with van der Waals surface area (Å²) in [7, 11) is 2.04. The minimum Gasteiger partial charge on any atom is -0.319 e. The maximum atomic E-state index is 3.26. The molecule has 0 rings (SSSR count). The Morgan fingerprint density at radius 2 is 1.92 bits per heavy atom. The number of nitrogens with one attached hydrogen (secondary N) is 1. The summed E-state index contributed by atoms with van der Waals surface area (Å²) in [5.74, 6) is 1.77. The lowest BCUT2D eigenvalue weighted by molar-refractivity contribution is 0.311. The van der Waals surface area contributed by atoms with E-state index in [1.165, 1.54) is 32.2 Å². The molecule has 0 saturated carbocycles. The Morgan fingerprint density at radius 1 is 1.25 bits per heavy atom. The van der Waals surface area contributed by atoms with E-state index in [0.717, 1.165) is 11.8 Å². The van der Waals surface area contributed by atoms with Gasteiger partial charge in [-0.25, -0.2) is 0 Å². The molecule has 0 aromatic heterocycles. The molecule has 0 aromatic carbocycles. The standard InChI is InChI=1S/C11H25N/c1-5-7-8-11(6-2)10(3)9-12-4/h10-12H,5-9H2,1-4H3. The summed E-state index contributed by atoms with van der Waals surface area (Å²) in [5, 5.41) is 3.26. The van der Waals surface area contributed by atoms with Crippen molar-refractivity contribution in [3.63, 3.8) is 0 Å². The lowest BCUT2D eigenvalue weighted by Crippen LogP contribution is -2.23. The lowest BCUT2D eigenvalue weighted by atomic mass is 9.87. The van der Waals surface area contributed by atoms with Crippen molar-refractivity contribution in [1.29, 1.82) is 0 Å². The van der Waals surface area contributed by atoms with Gasteiger partial charge in [0, 0.05) is 0 Å². The second kappa shape index (κ2) is 7.60. The van der Waals surface area contributed by atoms with Gasteiger partial charge in [0.1, 0.15) is 0 Å². The second-order valence-electron chi connectivity index (χ2n) is 3.85. The third kappa shape index (κ3) is 4.76. The first-order valence-corrected chi connectivity index (χ1v) is 5.40. The first kappa shape index (κ1) is 12.0. The maximum Gasteiger partial charge on any atom is -0.00235 e. The van der Waals surface area contributed by atoms with Crippen molar-refractivity contribution in [2.45, 2.75) is 46.5 Å². The van der Waals surface area contributed by atoms with Crippen molar-refractivity contribution in [3.8, 4) is 0 Å². The molecule has 0 saturated heterocycles. The smallest absolute Gasteiger partial charge is 0.00235 e. The first-order chi connectivity index (χ1) is 5.76. The fourth-order valence-electron chi connectivity index (χ4n) is 1.85. The Labute approximate surface area is 77.9 Å². The van der Waals surface area contributed by atoms with Gasteiger partial charge in [-0.1, -0.05) is 46.5 Å². The van der Waals surface area contributed by atoms with Gasteiger partial charge in [0.05, 0.1) is 0 Å². The van der Waals surface area contributed by atoms with Gasteiger partial charge >= 0.3 is 0 Å². The van der Waals surface area contributed by atoms with E-state index in [4.69, 9.17) is 0 Å². The molecule has 1 nitrogen and oxygen atoms in total. The van der Waals surface area contributed by atoms with Crippen molar-refractivity contribution in [1.82, 2.24) is 5.32 Å². The number of hydrogen-bond donors (Lipinski definition) is 1. The molecule has 2 unspecified atom stereocenters. The number of rotatable bonds is 7. The molecule has 12 heavy (non-hydrogen) atoms. The molecular weight excluding hydrogens is 146 g/mol. The number of unbranched alkanes of at least 4 members (excludes halogenated alkanes) is 1. The fraction of sp³-hybridized carbons (Fsp3) is 1.00. The van der Waals surface area contributed by atoms with Crippen LogP contribution in [-0.4, -0.2) is 13.6 Å². The van der Waals surface area contributed by atoms with E-state index in [1.807, 2.05) is 7.05 Å². The molecule has 1 N–H and O–H groups in total. The molecule has 0 aromatic rings. The summed E-state index contributed by atoms with van der Waals surface area (Å²) >= 11 is 0. The van der Waals surface area contributed by atoms with Crippen LogP contribution in [0.5, 0.6) is 0 Å². The minimum absolute atomic E-state index is 0.839. The van der Waals surface area contributed by atoms with E-state index in [0.29, 0.717) is 0 Å². The van der Waals surface area contributed by atoms with Crippen LogP contribution >= 0.6 is 0 Å². The van der Waals surface area contributed by atoms with Gasteiger partial charge in [-0.05, 0) is 25.4 Å². The zero-order valence-electron chi connectivity index (χ0n) is 9.19. The minimum atomic E-state index is 0.839. The van der Waals surface area contributed by atoms with Crippen molar-refractivity contribution in [3.05, 3.63) is 0 Å². The van der Waals surface area contributed by atoms with Crippen LogP contribution in [0.3, 0.4) is 0 Å². The summed E-state index contributed by atoms with van der Waals surface area (Å²) in [4.78, 5) is 0. The highest BCUT2D eigenvalue weighted by Gasteiger charge is 2.13. The fourth-order valence-corrected chi connectivity index (χ4v) is 1.85. The zero-order chi connectivity index (χ0) is 9.40. The molecule has 1 heteroatoms. The predicted octanol–water partition coefficient (Wildman–Crippen LogP) is 3.06. The van der Waals surface area contributed by atoms with Crippen LogP contribution in [0.25, 0.3) is 0 Å². The Balaban J connectivity index is 3.62. The Hall–Kier alpha value is -0.0400. The van der Waals surface area contributed by atoms with Gasteiger partial charge in [-0.2, -0.15) is 0 Å². The van der Waals surface area contributed by atoms with Gasteiger partial charge < -0.3 is 5.32 Å². The van der Waals surface area contributed by atoms with Crippen LogP contribution in [0.2, 0.25) is 0 Å². The maximum absolute atomic E-state index is 3.26. The van der Waals surface area contributed by atoms with Crippen LogP contribution in [0.4, 0.5) is 0 Å². The van der Waals surface area contributed by atoms with Crippen molar-refractivity contribution in [2.24, 2.45) is 11.8 Å². The van der Waals surface area contributed by atoms with E-state index >= 15 is 0 Å². The third-order valence-electron chi connectivity index (χ3n) is 2.78. The highest BCUT2D eigenvalue weighted by atomic mass is 14.8. The molecule has 0 aliphatic rings. The van der Waals surface area contributed by atoms with E-state index in [2.05, 4.69) is 26.1 Å². The van der Waals surface area contributed by atoms with Crippen LogP contribution in [0.15, 0.2) is 0 Å². The van der Waals surface area contributed by atoms with Gasteiger partial charge in [0.25, 0.3) is 0 Å². The van der Waals surface area contributed by atoms with Crippen molar-refractivity contribution >= 4 is 0 Å². The molecule has 0 heterocycles. The SMILES string of the molecule is CCCCC(CC)C(C)CNC. The Kier molecular flexibility index (Phi) is 7.58. The Bertz CT molecular complexity index is 91.0. The summed E-state index contributed by atoms with van der Waals surface area (Å²) in [6.07, 6.45) is 5.48. The van der Waals surface area contributed by atoms with Crippen LogP contribution in [-0.2, 0) is 0 Å². The third-order valence-corrected chi connectivity index (χ3v) is 2.78. The van der Waals surface area contributed by atoms with Gasteiger partial charge in [-0.15, -0.1) is 0 Å². The Morgan fingerprint density at radius 3 is 2.33 bits per heavy atom. The van der Waals surface area contributed by atoms with Gasteiger partial charge in [-0.3, -0.25) is 0 Å². The monoisotopic (exact) mass is 171 g/mol. The van der Waals surface area contributed by atoms with Crippen LogP contribution < -0.4 is 5.32 Å². The first-order valence-electron chi connectivity index (χ1n) is 5.40. The van der Waals surface area contributed by atoms with Crippen LogP contribution in [0, 0.1) is 11.8 Å². The lowest BCUT2D eigenvalue weighted by Gasteiger charge is -2.22. The molecule has 0 spiro atoms. The molecule has 0 radical (unpaired) electrons. The average molecular weight is 171 g/mol. The molecule has 0 fully saturated rings. The molecule has 2 atom stereocenters. The summed E-state index contributed by atoms with van der Waals surface area (Å²) in [5.41, 5.74) is 0. The molecule has 0 aliphatic heterocycles. The largest absolute Gasteiger partial charge is 0.319 e. The van der Waals surface area contributed by atoms with E-state index < -0.39 is 0 Å². The second-order valence-corrected chi connectivity index (χ2v) is 3.85. The average Bonchev–Trinajstić information content (AvgIpc) is 2.06. The summed E-state index contributed by atoms with van der Waals surface area (Å²) < 4.78 is 0. The van der Waals surface area contributed by atoms with E-state index in [1.54, 1.807) is 0 Å². The number of hydrogen-bond acceptors (Lipinski definition) is 1. The molecule has 0 amide bonds. The quantitative estimate of drug-likeness (QED) is 0.621. The van der Waals surface area contributed by atoms with Crippen molar-refractivity contribution < 1.29 is 0 Å². The molecule has 0 bridgehead atoms. The molecular formula is C11H25N. The summed E-state index contributed by atoms with van der Waals surface area (Å²) in [6, 6.07) is 0.